The maximum atomic E-state index is 13.5. The van der Waals surface area contributed by atoms with Crippen molar-refractivity contribution in [2.75, 3.05) is 18.0 Å². The number of rotatable bonds is 11. The maximum absolute atomic E-state index is 13.5. The van der Waals surface area contributed by atoms with Crippen LogP contribution in [0, 0.1) is 5.82 Å². The zero-order valence-corrected chi connectivity index (χ0v) is 23.8. The molecule has 0 bridgehead atoms. The van der Waals surface area contributed by atoms with Gasteiger partial charge in [0, 0.05) is 35.7 Å². The van der Waals surface area contributed by atoms with Crippen LogP contribution in [0.4, 0.5) is 10.1 Å². The highest BCUT2D eigenvalue weighted by atomic mass is 79.9. The highest BCUT2D eigenvalue weighted by molar-refractivity contribution is 9.10. The van der Waals surface area contributed by atoms with Crippen LogP contribution in [0.25, 0.3) is 11.1 Å². The number of halogens is 2. The second-order valence-electron chi connectivity index (χ2n) is 9.19. The van der Waals surface area contributed by atoms with E-state index in [-0.39, 0.29) is 12.2 Å². The number of nitrogens with one attached hydrogen (secondary N) is 1. The molecule has 8 heteroatoms. The summed E-state index contributed by atoms with van der Waals surface area (Å²) in [6.45, 7) is 5.44. The van der Waals surface area contributed by atoms with Gasteiger partial charge in [0.1, 0.15) is 23.4 Å². The molecule has 4 rings (SSSR count). The third kappa shape index (κ3) is 7.27. The van der Waals surface area contributed by atoms with E-state index in [1.807, 2.05) is 73.3 Å². The Labute approximate surface area is 241 Å². The Morgan fingerprint density at radius 3 is 2.23 bits per heavy atom. The van der Waals surface area contributed by atoms with Crippen LogP contribution in [0.1, 0.15) is 29.8 Å². The lowest BCUT2D eigenvalue weighted by atomic mass is 10.00. The summed E-state index contributed by atoms with van der Waals surface area (Å²) in [5, 5.41) is 12.6. The molecule has 0 heterocycles. The summed E-state index contributed by atoms with van der Waals surface area (Å²) >= 11 is 3.42. The summed E-state index contributed by atoms with van der Waals surface area (Å²) in [7, 11) is 0. The lowest BCUT2D eigenvalue weighted by molar-refractivity contribution is -0.139. The van der Waals surface area contributed by atoms with E-state index in [9.17, 15) is 19.1 Å². The van der Waals surface area contributed by atoms with E-state index in [1.165, 1.54) is 12.1 Å². The number of carboxylic acid groups (broad SMARTS) is 1. The zero-order valence-electron chi connectivity index (χ0n) is 22.2. The molecule has 0 fully saturated rings. The third-order valence-corrected chi connectivity index (χ3v) is 7.00. The van der Waals surface area contributed by atoms with Gasteiger partial charge in [0.15, 0.2) is 0 Å². The first-order chi connectivity index (χ1) is 19.3. The normalized spacial score (nSPS) is 11.5. The molecule has 6 nitrogen and oxygen atoms in total. The molecule has 0 saturated carbocycles. The molecule has 1 atom stereocenters. The average Bonchev–Trinajstić information content (AvgIpc) is 2.94. The van der Waals surface area contributed by atoms with Gasteiger partial charge in [-0.15, -0.1) is 0 Å². The van der Waals surface area contributed by atoms with E-state index in [0.29, 0.717) is 30.2 Å². The molecule has 0 aromatic heterocycles. The second kappa shape index (κ2) is 13.3. The highest BCUT2D eigenvalue weighted by Gasteiger charge is 2.24. The number of amides is 1. The second-order valence-corrected chi connectivity index (χ2v) is 10.1. The van der Waals surface area contributed by atoms with Crippen molar-refractivity contribution in [3.8, 4) is 22.6 Å². The molecule has 206 valence electrons. The molecule has 4 aromatic carbocycles. The molecular formula is C32H30BrFN2O4. The number of carbonyl (C=O) groups is 2. The molecule has 40 heavy (non-hydrogen) atoms. The summed E-state index contributed by atoms with van der Waals surface area (Å²) in [6.07, 6.45) is 0.124. The van der Waals surface area contributed by atoms with Gasteiger partial charge in [-0.3, -0.25) is 4.79 Å². The van der Waals surface area contributed by atoms with Crippen molar-refractivity contribution >= 4 is 33.5 Å². The fraction of sp³-hybridized carbons (Fsp3) is 0.188. The van der Waals surface area contributed by atoms with Gasteiger partial charge in [-0.05, 0) is 73.0 Å². The van der Waals surface area contributed by atoms with Gasteiger partial charge < -0.3 is 20.1 Å². The molecule has 2 N–H and O–H groups in total. The number of aliphatic carboxylic acids is 1. The fourth-order valence-electron chi connectivity index (χ4n) is 4.44. The van der Waals surface area contributed by atoms with Crippen molar-refractivity contribution in [1.29, 1.82) is 0 Å². The molecule has 0 unspecified atom stereocenters. The molecule has 0 aliphatic carbocycles. The topological polar surface area (TPSA) is 78.9 Å². The van der Waals surface area contributed by atoms with Crippen LogP contribution in [0.2, 0.25) is 0 Å². The number of hydrogen-bond donors (Lipinski definition) is 2. The van der Waals surface area contributed by atoms with Gasteiger partial charge in [0.05, 0.1) is 5.56 Å². The van der Waals surface area contributed by atoms with Crippen LogP contribution in [0.15, 0.2) is 95.5 Å². The average molecular weight is 606 g/mol. The molecule has 0 aliphatic rings. The molecule has 1 amide bonds. The molecule has 4 aromatic rings. The van der Waals surface area contributed by atoms with E-state index in [1.54, 1.807) is 24.3 Å². The monoisotopic (exact) mass is 604 g/mol. The summed E-state index contributed by atoms with van der Waals surface area (Å²) in [4.78, 5) is 27.4. The minimum Gasteiger partial charge on any atom is -0.480 e. The van der Waals surface area contributed by atoms with E-state index < -0.39 is 17.9 Å². The number of ether oxygens (including phenoxy) is 1. The van der Waals surface area contributed by atoms with Gasteiger partial charge in [-0.2, -0.15) is 0 Å². The van der Waals surface area contributed by atoms with Gasteiger partial charge >= 0.3 is 5.97 Å². The number of hydrogen-bond acceptors (Lipinski definition) is 4. The Morgan fingerprint density at radius 1 is 0.900 bits per heavy atom. The number of benzene rings is 4. The lowest BCUT2D eigenvalue weighted by Crippen LogP contribution is -2.42. The van der Waals surface area contributed by atoms with E-state index >= 15 is 0 Å². The third-order valence-electron chi connectivity index (χ3n) is 6.50. The molecule has 0 saturated heterocycles. The molecule has 0 spiro atoms. The van der Waals surface area contributed by atoms with Crippen molar-refractivity contribution in [2.45, 2.75) is 26.3 Å². The highest BCUT2D eigenvalue weighted by Crippen LogP contribution is 2.28. The quantitative estimate of drug-likeness (QED) is 0.187. The van der Waals surface area contributed by atoms with Crippen molar-refractivity contribution in [3.05, 3.63) is 112 Å². The Hall–Kier alpha value is -4.17. The Morgan fingerprint density at radius 2 is 1.57 bits per heavy atom. The Balaban J connectivity index is 1.48. The predicted octanol–water partition coefficient (Wildman–Crippen LogP) is 7.32. The summed E-state index contributed by atoms with van der Waals surface area (Å²) in [5.74, 6) is -0.957. The van der Waals surface area contributed by atoms with E-state index in [2.05, 4.69) is 21.2 Å². The van der Waals surface area contributed by atoms with Crippen LogP contribution in [0.3, 0.4) is 0 Å². The lowest BCUT2D eigenvalue weighted by Gasteiger charge is -2.24. The molecular weight excluding hydrogens is 575 g/mol. The molecule has 0 radical (unpaired) electrons. The van der Waals surface area contributed by atoms with Crippen LogP contribution < -0.4 is 15.0 Å². The maximum Gasteiger partial charge on any atom is 0.326 e. The van der Waals surface area contributed by atoms with Gasteiger partial charge in [0.25, 0.3) is 5.91 Å². The van der Waals surface area contributed by atoms with Crippen molar-refractivity contribution < 1.29 is 23.8 Å². The minimum absolute atomic E-state index is 0.124. The minimum atomic E-state index is -1.11. The van der Waals surface area contributed by atoms with Crippen LogP contribution >= 0.6 is 15.9 Å². The van der Waals surface area contributed by atoms with Crippen molar-refractivity contribution in [1.82, 2.24) is 5.32 Å². The first-order valence-electron chi connectivity index (χ1n) is 13.0. The van der Waals surface area contributed by atoms with E-state index in [4.69, 9.17) is 4.74 Å². The first-order valence-corrected chi connectivity index (χ1v) is 13.8. The van der Waals surface area contributed by atoms with Crippen molar-refractivity contribution in [2.24, 2.45) is 0 Å². The van der Waals surface area contributed by atoms with Gasteiger partial charge in [-0.1, -0.05) is 58.4 Å². The summed E-state index contributed by atoms with van der Waals surface area (Å²) in [6, 6.07) is 25.2. The van der Waals surface area contributed by atoms with Crippen LogP contribution in [0.5, 0.6) is 11.5 Å². The van der Waals surface area contributed by atoms with Crippen LogP contribution in [-0.4, -0.2) is 36.1 Å². The number of carbonyl (C=O) groups excluding carboxylic acids is 1. The molecule has 0 aliphatic heterocycles. The fourth-order valence-corrected chi connectivity index (χ4v) is 4.80. The predicted molar refractivity (Wildman–Crippen MR) is 159 cm³/mol. The number of carboxylic acids is 1. The smallest absolute Gasteiger partial charge is 0.326 e. The first kappa shape index (κ1) is 28.8. The number of anilines is 1. The van der Waals surface area contributed by atoms with Gasteiger partial charge in [0.2, 0.25) is 0 Å². The zero-order chi connectivity index (χ0) is 28.6. The van der Waals surface area contributed by atoms with Crippen molar-refractivity contribution in [3.63, 3.8) is 0 Å². The number of nitrogens with zero attached hydrogens (tertiary/aromatic N) is 1. The van der Waals surface area contributed by atoms with Gasteiger partial charge in [-0.25, -0.2) is 9.18 Å². The SMILES string of the molecule is CCN(CC)c1ccc(Br)cc1C(=O)N[C@@H](Cc1ccc(-c2cccc(Oc3cccc(F)c3)c2)cc1)C(=O)O. The standard InChI is InChI=1S/C32H30BrFN2O4/c1-3-36(4-2)30-16-15-24(33)19-28(30)31(37)35-29(32(38)39)17-21-11-13-22(14-12-21)23-7-5-9-26(18-23)40-27-10-6-8-25(34)20-27/h5-16,18-20,29H,3-4,17H2,1-2H3,(H,35,37)(H,38,39)/t29-/m0/s1. The summed E-state index contributed by atoms with van der Waals surface area (Å²) in [5.41, 5.74) is 3.73. The van der Waals surface area contributed by atoms with Crippen LogP contribution in [-0.2, 0) is 11.2 Å². The largest absolute Gasteiger partial charge is 0.480 e. The Kier molecular flexibility index (Phi) is 9.56. The van der Waals surface area contributed by atoms with E-state index in [0.717, 1.165) is 26.9 Å². The Bertz CT molecular complexity index is 1490. The summed E-state index contributed by atoms with van der Waals surface area (Å²) < 4.78 is 20.0.